The van der Waals surface area contributed by atoms with Crippen molar-refractivity contribution in [2.24, 2.45) is 0 Å². The number of nitrogens with one attached hydrogen (secondary N) is 1. The molecule has 0 spiro atoms. The number of nitrogens with zero attached hydrogens (tertiary/aromatic N) is 4. The van der Waals surface area contributed by atoms with Gasteiger partial charge in [-0.3, -0.25) is 0 Å². The molecule has 1 saturated carbocycles. The average molecular weight is 259 g/mol. The summed E-state index contributed by atoms with van der Waals surface area (Å²) in [6.45, 7) is 3.11. The van der Waals surface area contributed by atoms with E-state index in [0.717, 1.165) is 30.1 Å². The minimum atomic E-state index is 0.573. The van der Waals surface area contributed by atoms with Crippen molar-refractivity contribution in [3.8, 4) is 0 Å². The van der Waals surface area contributed by atoms with Gasteiger partial charge in [-0.25, -0.2) is 9.97 Å². The Labute approximate surface area is 113 Å². The first kappa shape index (κ1) is 12.4. The van der Waals surface area contributed by atoms with Gasteiger partial charge < -0.3 is 9.88 Å². The van der Waals surface area contributed by atoms with Crippen molar-refractivity contribution >= 4 is 17.1 Å². The van der Waals surface area contributed by atoms with Gasteiger partial charge in [-0.1, -0.05) is 26.2 Å². The Kier molecular flexibility index (Phi) is 3.62. The molecule has 0 atom stereocenters. The van der Waals surface area contributed by atoms with Crippen LogP contribution in [0, 0.1) is 0 Å². The largest absolute Gasteiger partial charge is 0.354 e. The molecule has 0 amide bonds. The van der Waals surface area contributed by atoms with Crippen LogP contribution in [0.4, 0.5) is 5.95 Å². The predicted octanol–water partition coefficient (Wildman–Crippen LogP) is 3.15. The Morgan fingerprint density at radius 2 is 2.16 bits per heavy atom. The third kappa shape index (κ3) is 2.55. The third-order valence-electron chi connectivity index (χ3n) is 3.85. The van der Waals surface area contributed by atoms with Gasteiger partial charge in [0.1, 0.15) is 5.52 Å². The van der Waals surface area contributed by atoms with E-state index in [9.17, 15) is 0 Å². The van der Waals surface area contributed by atoms with Crippen LogP contribution in [-0.4, -0.2) is 26.1 Å². The van der Waals surface area contributed by atoms with Gasteiger partial charge in [-0.2, -0.15) is 4.98 Å². The summed E-state index contributed by atoms with van der Waals surface area (Å²) in [4.78, 5) is 13.4. The van der Waals surface area contributed by atoms with E-state index in [1.165, 1.54) is 32.1 Å². The molecule has 5 heteroatoms. The summed E-state index contributed by atoms with van der Waals surface area (Å²) in [5.74, 6) is 0.723. The SMILES string of the molecule is CCCCNc1ncc2ncn(C3CCCC3)c2n1. The number of hydrogen-bond donors (Lipinski definition) is 1. The summed E-state index contributed by atoms with van der Waals surface area (Å²) in [7, 11) is 0. The van der Waals surface area contributed by atoms with Gasteiger partial charge in [0.2, 0.25) is 5.95 Å². The van der Waals surface area contributed by atoms with E-state index in [-0.39, 0.29) is 0 Å². The van der Waals surface area contributed by atoms with Gasteiger partial charge in [0.15, 0.2) is 5.65 Å². The fraction of sp³-hybridized carbons (Fsp3) is 0.643. The van der Waals surface area contributed by atoms with E-state index in [0.29, 0.717) is 6.04 Å². The minimum Gasteiger partial charge on any atom is -0.354 e. The summed E-state index contributed by atoms with van der Waals surface area (Å²) in [5.41, 5.74) is 1.87. The summed E-state index contributed by atoms with van der Waals surface area (Å²) in [6.07, 6.45) is 11.2. The quantitative estimate of drug-likeness (QED) is 0.838. The maximum absolute atomic E-state index is 4.63. The highest BCUT2D eigenvalue weighted by Crippen LogP contribution is 2.31. The van der Waals surface area contributed by atoms with Crippen molar-refractivity contribution in [1.29, 1.82) is 0 Å². The van der Waals surface area contributed by atoms with Crippen LogP contribution in [0.3, 0.4) is 0 Å². The summed E-state index contributed by atoms with van der Waals surface area (Å²) in [6, 6.07) is 0.573. The molecule has 2 heterocycles. The van der Waals surface area contributed by atoms with Crippen molar-refractivity contribution in [3.05, 3.63) is 12.5 Å². The van der Waals surface area contributed by atoms with E-state index < -0.39 is 0 Å². The first-order valence-corrected chi connectivity index (χ1v) is 7.32. The highest BCUT2D eigenvalue weighted by molar-refractivity contribution is 5.71. The number of rotatable bonds is 5. The number of aromatic nitrogens is 4. The van der Waals surface area contributed by atoms with Crippen LogP contribution in [0.5, 0.6) is 0 Å². The van der Waals surface area contributed by atoms with Crippen LogP contribution in [0.1, 0.15) is 51.5 Å². The predicted molar refractivity (Wildman–Crippen MR) is 76.2 cm³/mol. The molecule has 0 aliphatic heterocycles. The summed E-state index contributed by atoms with van der Waals surface area (Å²) >= 11 is 0. The van der Waals surface area contributed by atoms with Crippen molar-refractivity contribution in [3.63, 3.8) is 0 Å². The maximum Gasteiger partial charge on any atom is 0.224 e. The lowest BCUT2D eigenvalue weighted by Crippen LogP contribution is -2.08. The van der Waals surface area contributed by atoms with Crippen LogP contribution in [0.2, 0.25) is 0 Å². The maximum atomic E-state index is 4.63. The number of hydrogen-bond acceptors (Lipinski definition) is 4. The van der Waals surface area contributed by atoms with E-state index >= 15 is 0 Å². The standard InChI is InChI=1S/C14H21N5/c1-2-3-8-15-14-16-9-12-13(18-14)19(10-17-12)11-6-4-5-7-11/h9-11H,2-8H2,1H3,(H,15,16,18). The molecule has 2 aromatic heterocycles. The normalized spacial score (nSPS) is 16.3. The Morgan fingerprint density at radius 1 is 1.32 bits per heavy atom. The fourth-order valence-electron chi connectivity index (χ4n) is 2.74. The second-order valence-corrected chi connectivity index (χ2v) is 5.27. The molecule has 1 aliphatic rings. The van der Waals surface area contributed by atoms with Crippen molar-refractivity contribution in [1.82, 2.24) is 19.5 Å². The lowest BCUT2D eigenvalue weighted by molar-refractivity contribution is 0.529. The van der Waals surface area contributed by atoms with Gasteiger partial charge >= 0.3 is 0 Å². The van der Waals surface area contributed by atoms with Gasteiger partial charge in [0, 0.05) is 12.6 Å². The Hall–Kier alpha value is -1.65. The molecule has 3 rings (SSSR count). The number of unbranched alkanes of at least 4 members (excludes halogenated alkanes) is 1. The van der Waals surface area contributed by atoms with Gasteiger partial charge in [-0.05, 0) is 19.3 Å². The molecule has 1 N–H and O–H groups in total. The molecule has 0 aromatic carbocycles. The van der Waals surface area contributed by atoms with Crippen LogP contribution in [0.15, 0.2) is 12.5 Å². The highest BCUT2D eigenvalue weighted by atomic mass is 15.2. The number of anilines is 1. The molecular weight excluding hydrogens is 238 g/mol. The van der Waals surface area contributed by atoms with Crippen LogP contribution >= 0.6 is 0 Å². The molecule has 19 heavy (non-hydrogen) atoms. The van der Waals surface area contributed by atoms with Crippen LogP contribution in [0.25, 0.3) is 11.2 Å². The molecule has 1 aliphatic carbocycles. The third-order valence-corrected chi connectivity index (χ3v) is 3.85. The number of fused-ring (bicyclic) bond motifs is 1. The van der Waals surface area contributed by atoms with E-state index in [1.54, 1.807) is 0 Å². The molecule has 0 bridgehead atoms. The zero-order valence-electron chi connectivity index (χ0n) is 11.5. The Bertz CT molecular complexity index is 542. The summed E-state index contributed by atoms with van der Waals surface area (Å²) in [5, 5.41) is 3.28. The molecule has 2 aromatic rings. The molecule has 0 unspecified atom stereocenters. The van der Waals surface area contributed by atoms with E-state index in [4.69, 9.17) is 0 Å². The molecular formula is C14H21N5. The Morgan fingerprint density at radius 3 is 2.95 bits per heavy atom. The van der Waals surface area contributed by atoms with Crippen molar-refractivity contribution in [2.75, 3.05) is 11.9 Å². The van der Waals surface area contributed by atoms with Crippen LogP contribution < -0.4 is 5.32 Å². The monoisotopic (exact) mass is 259 g/mol. The highest BCUT2D eigenvalue weighted by Gasteiger charge is 2.19. The number of imidazole rings is 1. The molecule has 0 radical (unpaired) electrons. The van der Waals surface area contributed by atoms with E-state index in [1.807, 2.05) is 12.5 Å². The van der Waals surface area contributed by atoms with Crippen molar-refractivity contribution < 1.29 is 0 Å². The van der Waals surface area contributed by atoms with Crippen molar-refractivity contribution in [2.45, 2.75) is 51.5 Å². The van der Waals surface area contributed by atoms with Gasteiger partial charge in [0.25, 0.3) is 0 Å². The van der Waals surface area contributed by atoms with Crippen LogP contribution in [-0.2, 0) is 0 Å². The first-order valence-electron chi connectivity index (χ1n) is 7.32. The average Bonchev–Trinajstić information content (AvgIpc) is 3.07. The first-order chi connectivity index (χ1) is 9.38. The topological polar surface area (TPSA) is 55.6 Å². The summed E-state index contributed by atoms with van der Waals surface area (Å²) < 4.78 is 2.23. The van der Waals surface area contributed by atoms with Gasteiger partial charge in [0.05, 0.1) is 12.5 Å². The molecule has 0 saturated heterocycles. The molecule has 1 fully saturated rings. The fourth-order valence-corrected chi connectivity index (χ4v) is 2.74. The lowest BCUT2D eigenvalue weighted by Gasteiger charge is -2.11. The second-order valence-electron chi connectivity index (χ2n) is 5.27. The zero-order valence-corrected chi connectivity index (χ0v) is 11.5. The lowest BCUT2D eigenvalue weighted by atomic mass is 10.2. The zero-order chi connectivity index (χ0) is 13.1. The minimum absolute atomic E-state index is 0.573. The molecule has 102 valence electrons. The van der Waals surface area contributed by atoms with E-state index in [2.05, 4.69) is 31.8 Å². The second kappa shape index (κ2) is 5.55. The van der Waals surface area contributed by atoms with Gasteiger partial charge in [-0.15, -0.1) is 0 Å². The smallest absolute Gasteiger partial charge is 0.224 e. The Balaban J connectivity index is 1.85. The molecule has 5 nitrogen and oxygen atoms in total.